The minimum Gasteiger partial charge on any atom is -0.481 e. The molecule has 0 saturated carbocycles. The molecular weight excluding hydrogens is 312 g/mol. The van der Waals surface area contributed by atoms with Gasteiger partial charge in [0.15, 0.2) is 0 Å². The number of benzene rings is 1. The minimum atomic E-state index is -0.972. The van der Waals surface area contributed by atoms with Crippen LogP contribution in [0.5, 0.6) is 0 Å². The third kappa shape index (κ3) is 2.62. The van der Waals surface area contributed by atoms with Crippen LogP contribution in [0.3, 0.4) is 0 Å². The van der Waals surface area contributed by atoms with Gasteiger partial charge in [-0.05, 0) is 19.1 Å². The van der Waals surface area contributed by atoms with Crippen molar-refractivity contribution in [3.8, 4) is 0 Å². The lowest BCUT2D eigenvalue weighted by atomic mass is 10.2. The predicted octanol–water partition coefficient (Wildman–Crippen LogP) is 1.11. The van der Waals surface area contributed by atoms with Crippen LogP contribution in [0.2, 0.25) is 0 Å². The molecule has 0 bridgehead atoms. The van der Waals surface area contributed by atoms with E-state index in [9.17, 15) is 14.4 Å². The molecule has 0 aliphatic carbocycles. The van der Waals surface area contributed by atoms with Gasteiger partial charge in [-0.2, -0.15) is 5.10 Å². The number of amides is 1. The molecule has 1 amide bonds. The van der Waals surface area contributed by atoms with Gasteiger partial charge in [-0.15, -0.1) is 0 Å². The highest BCUT2D eigenvalue weighted by molar-refractivity contribution is 6.00. The monoisotopic (exact) mass is 328 g/mol. The highest BCUT2D eigenvalue weighted by Crippen LogP contribution is 2.16. The van der Waals surface area contributed by atoms with E-state index in [0.29, 0.717) is 23.1 Å². The number of H-pyrrole nitrogens is 1. The van der Waals surface area contributed by atoms with Crippen LogP contribution in [-0.4, -0.2) is 49.6 Å². The molecular formula is C16H16N4O4. The Morgan fingerprint density at radius 2 is 2.08 bits per heavy atom. The summed E-state index contributed by atoms with van der Waals surface area (Å²) in [6.07, 6.45) is 1.25. The van der Waals surface area contributed by atoms with Crippen LogP contribution in [0.25, 0.3) is 16.6 Å². The Labute approximate surface area is 136 Å². The molecule has 124 valence electrons. The smallest absolute Gasteiger partial charge is 0.305 e. The molecule has 1 aromatic carbocycles. The summed E-state index contributed by atoms with van der Waals surface area (Å²) in [6.45, 7) is 2.23. The maximum absolute atomic E-state index is 12.7. The molecule has 0 spiro atoms. The first-order valence-electron chi connectivity index (χ1n) is 7.52. The zero-order chi connectivity index (χ0) is 17.3. The fourth-order valence-corrected chi connectivity index (χ4v) is 2.64. The van der Waals surface area contributed by atoms with Gasteiger partial charge in [0.05, 0.1) is 23.5 Å². The second-order valence-electron chi connectivity index (χ2n) is 5.32. The summed E-state index contributed by atoms with van der Waals surface area (Å²) in [5.74, 6) is -1.33. The van der Waals surface area contributed by atoms with E-state index in [1.807, 2.05) is 0 Å². The number of para-hydroxylation sites is 1. The van der Waals surface area contributed by atoms with Crippen LogP contribution >= 0.6 is 0 Å². The Balaban J connectivity index is 2.08. The summed E-state index contributed by atoms with van der Waals surface area (Å²) in [6, 6.07) is 6.97. The molecule has 0 saturated heterocycles. The minimum absolute atomic E-state index is 0.0970. The largest absolute Gasteiger partial charge is 0.481 e. The Morgan fingerprint density at radius 3 is 2.79 bits per heavy atom. The van der Waals surface area contributed by atoms with Gasteiger partial charge in [0.25, 0.3) is 11.5 Å². The molecule has 2 aromatic heterocycles. The first kappa shape index (κ1) is 15.7. The zero-order valence-electron chi connectivity index (χ0n) is 13.0. The average Bonchev–Trinajstić information content (AvgIpc) is 2.99. The summed E-state index contributed by atoms with van der Waals surface area (Å²) in [4.78, 5) is 39.7. The third-order valence-corrected chi connectivity index (χ3v) is 3.87. The number of aromatic nitrogens is 3. The van der Waals surface area contributed by atoms with E-state index in [2.05, 4.69) is 10.1 Å². The number of aromatic amines is 1. The van der Waals surface area contributed by atoms with Gasteiger partial charge >= 0.3 is 5.97 Å². The molecule has 8 nitrogen and oxygen atoms in total. The number of carboxylic acids is 1. The number of carbonyl (C=O) groups is 2. The van der Waals surface area contributed by atoms with Crippen molar-refractivity contribution in [3.63, 3.8) is 0 Å². The van der Waals surface area contributed by atoms with E-state index >= 15 is 0 Å². The Bertz CT molecular complexity index is 989. The fourth-order valence-electron chi connectivity index (χ4n) is 2.64. The van der Waals surface area contributed by atoms with E-state index in [1.54, 1.807) is 31.2 Å². The third-order valence-electron chi connectivity index (χ3n) is 3.87. The zero-order valence-corrected chi connectivity index (χ0v) is 13.0. The molecule has 0 fully saturated rings. The fraction of sp³-hybridized carbons (Fsp3) is 0.250. The predicted molar refractivity (Wildman–Crippen MR) is 87.1 cm³/mol. The quantitative estimate of drug-likeness (QED) is 0.729. The standard InChI is InChI=1S/C16H16N4O4/c1-2-19(8-7-13(21)22)16(24)11-9-17-20-12-6-4-3-5-10(12)15(23)18-14(11)20/h3-6,9H,2,7-8H2,1H3,(H,18,23)(H,21,22). The summed E-state index contributed by atoms with van der Waals surface area (Å²) in [5.41, 5.74) is 0.840. The molecule has 3 aromatic rings. The lowest BCUT2D eigenvalue weighted by Crippen LogP contribution is -2.33. The number of nitrogens with one attached hydrogen (secondary N) is 1. The van der Waals surface area contributed by atoms with Crippen molar-refractivity contribution in [3.05, 3.63) is 46.4 Å². The molecule has 0 atom stereocenters. The lowest BCUT2D eigenvalue weighted by molar-refractivity contribution is -0.137. The average molecular weight is 328 g/mol. The Morgan fingerprint density at radius 1 is 1.33 bits per heavy atom. The van der Waals surface area contributed by atoms with Crippen LogP contribution in [0.4, 0.5) is 0 Å². The van der Waals surface area contributed by atoms with Crippen molar-refractivity contribution >= 4 is 28.4 Å². The van der Waals surface area contributed by atoms with Crippen LogP contribution in [-0.2, 0) is 4.79 Å². The lowest BCUT2D eigenvalue weighted by Gasteiger charge is -2.19. The summed E-state index contributed by atoms with van der Waals surface area (Å²) in [7, 11) is 0. The number of carbonyl (C=O) groups excluding carboxylic acids is 1. The van der Waals surface area contributed by atoms with Gasteiger partial charge in [-0.1, -0.05) is 12.1 Å². The second kappa shape index (κ2) is 6.15. The molecule has 2 N–H and O–H groups in total. The molecule has 0 radical (unpaired) electrons. The number of carboxylic acid groups (broad SMARTS) is 1. The SMILES string of the molecule is CCN(CCC(=O)O)C(=O)c1cnn2c1[nH]c(=O)c1ccccc12. The highest BCUT2D eigenvalue weighted by atomic mass is 16.4. The van der Waals surface area contributed by atoms with Gasteiger partial charge in [-0.25, -0.2) is 4.52 Å². The highest BCUT2D eigenvalue weighted by Gasteiger charge is 2.21. The maximum Gasteiger partial charge on any atom is 0.305 e. The van der Waals surface area contributed by atoms with Crippen molar-refractivity contribution in [1.82, 2.24) is 19.5 Å². The molecule has 0 unspecified atom stereocenters. The van der Waals surface area contributed by atoms with Crippen molar-refractivity contribution in [2.75, 3.05) is 13.1 Å². The number of fused-ring (bicyclic) bond motifs is 3. The van der Waals surface area contributed by atoms with Crippen molar-refractivity contribution in [1.29, 1.82) is 0 Å². The van der Waals surface area contributed by atoms with Crippen LogP contribution < -0.4 is 5.56 Å². The Kier molecular flexibility index (Phi) is 4.03. The maximum atomic E-state index is 12.7. The second-order valence-corrected chi connectivity index (χ2v) is 5.32. The van der Waals surface area contributed by atoms with Gasteiger partial charge in [0, 0.05) is 13.1 Å². The van der Waals surface area contributed by atoms with E-state index in [0.717, 1.165) is 0 Å². The van der Waals surface area contributed by atoms with Gasteiger partial charge in [-0.3, -0.25) is 14.4 Å². The van der Waals surface area contributed by atoms with E-state index in [-0.39, 0.29) is 30.0 Å². The number of nitrogens with zero attached hydrogens (tertiary/aromatic N) is 3. The summed E-state index contributed by atoms with van der Waals surface area (Å²) in [5, 5.41) is 13.5. The first-order valence-corrected chi connectivity index (χ1v) is 7.52. The number of hydrogen-bond donors (Lipinski definition) is 2. The van der Waals surface area contributed by atoms with Crippen LogP contribution in [0, 0.1) is 0 Å². The van der Waals surface area contributed by atoms with Crippen molar-refractivity contribution in [2.24, 2.45) is 0 Å². The van der Waals surface area contributed by atoms with Gasteiger partial charge in [0.1, 0.15) is 11.2 Å². The number of rotatable bonds is 5. The van der Waals surface area contributed by atoms with E-state index in [1.165, 1.54) is 15.6 Å². The molecule has 2 heterocycles. The Hall–Kier alpha value is -3.16. The number of hydrogen-bond acceptors (Lipinski definition) is 4. The van der Waals surface area contributed by atoms with Gasteiger partial charge < -0.3 is 15.0 Å². The molecule has 0 aliphatic heterocycles. The molecule has 8 heteroatoms. The summed E-state index contributed by atoms with van der Waals surface area (Å²) < 4.78 is 1.51. The molecule has 3 rings (SSSR count). The van der Waals surface area contributed by atoms with Crippen molar-refractivity contribution in [2.45, 2.75) is 13.3 Å². The van der Waals surface area contributed by atoms with Crippen LogP contribution in [0.1, 0.15) is 23.7 Å². The first-order chi connectivity index (χ1) is 11.5. The topological polar surface area (TPSA) is 108 Å². The number of aliphatic carboxylic acids is 1. The van der Waals surface area contributed by atoms with Gasteiger partial charge in [0.2, 0.25) is 0 Å². The van der Waals surface area contributed by atoms with E-state index in [4.69, 9.17) is 5.11 Å². The summed E-state index contributed by atoms with van der Waals surface area (Å²) >= 11 is 0. The molecule has 24 heavy (non-hydrogen) atoms. The van der Waals surface area contributed by atoms with Crippen molar-refractivity contribution < 1.29 is 14.7 Å². The normalized spacial score (nSPS) is 11.0. The molecule has 0 aliphatic rings. The van der Waals surface area contributed by atoms with E-state index < -0.39 is 5.97 Å². The van der Waals surface area contributed by atoms with Crippen LogP contribution in [0.15, 0.2) is 35.3 Å².